The summed E-state index contributed by atoms with van der Waals surface area (Å²) in [7, 11) is 0. The molecule has 4 heterocycles. The zero-order chi connectivity index (χ0) is 21.5. The number of aromatic amines is 1. The Balaban J connectivity index is 1.10. The molecule has 1 aliphatic carbocycles. The van der Waals surface area contributed by atoms with E-state index in [0.717, 1.165) is 43.1 Å². The Hall–Kier alpha value is -3.53. The quantitative estimate of drug-likeness (QED) is 0.473. The van der Waals surface area contributed by atoms with Crippen LogP contribution >= 0.6 is 11.6 Å². The molecule has 2 unspecified atom stereocenters. The van der Waals surface area contributed by atoms with Gasteiger partial charge >= 0.3 is 6.01 Å². The summed E-state index contributed by atoms with van der Waals surface area (Å²) in [4.78, 5) is 11.0. The maximum Gasteiger partial charge on any atom is 0.318 e. The molecule has 4 aromatic rings. The molecule has 0 spiro atoms. The van der Waals surface area contributed by atoms with Crippen molar-refractivity contribution < 1.29 is 4.42 Å². The molecule has 10 nitrogen and oxygen atoms in total. The molecule has 2 aliphatic rings. The standard InChI is InChI=1S/C21H20ClN9O/c22-16-2-1-12-6-17(7-14(12)5-16)26-20-23-8-15(9-24-20)19-28-29-21(32-19)31-4-3-13(11-31)18-10-25-30-27-18/h1-2,5,8-10,13,17H,3-4,6-7,11H2,(H,23,24,26)(H,25,27,30). The van der Waals surface area contributed by atoms with Gasteiger partial charge in [-0.25, -0.2) is 9.97 Å². The Labute approximate surface area is 188 Å². The molecule has 0 saturated carbocycles. The first kappa shape index (κ1) is 19.2. The van der Waals surface area contributed by atoms with Crippen LogP contribution in [0.1, 0.15) is 29.2 Å². The highest BCUT2D eigenvalue weighted by Crippen LogP contribution is 2.30. The van der Waals surface area contributed by atoms with Gasteiger partial charge in [-0.2, -0.15) is 0 Å². The Morgan fingerprint density at radius 3 is 2.81 bits per heavy atom. The topological polar surface area (TPSA) is 122 Å². The van der Waals surface area contributed by atoms with Crippen LogP contribution in [-0.4, -0.2) is 54.7 Å². The zero-order valence-electron chi connectivity index (χ0n) is 17.1. The van der Waals surface area contributed by atoms with Crippen LogP contribution < -0.4 is 10.2 Å². The Morgan fingerprint density at radius 1 is 1.09 bits per heavy atom. The highest BCUT2D eigenvalue weighted by molar-refractivity contribution is 6.30. The van der Waals surface area contributed by atoms with E-state index in [1.54, 1.807) is 12.4 Å². The molecule has 2 atom stereocenters. The molecule has 0 bridgehead atoms. The lowest BCUT2D eigenvalue weighted by atomic mass is 10.1. The van der Waals surface area contributed by atoms with Crippen molar-refractivity contribution >= 4 is 23.6 Å². The largest absolute Gasteiger partial charge is 0.403 e. The SMILES string of the molecule is Clc1ccc2c(c1)CC(Nc1ncc(-c3nnc(N4CCC(c5c[nH]nn5)C4)o3)cn1)C2. The van der Waals surface area contributed by atoms with E-state index in [1.165, 1.54) is 11.1 Å². The molecule has 32 heavy (non-hydrogen) atoms. The fourth-order valence-electron chi connectivity index (χ4n) is 4.43. The molecule has 1 aliphatic heterocycles. The van der Waals surface area contributed by atoms with Gasteiger partial charge in [0.25, 0.3) is 5.89 Å². The maximum atomic E-state index is 6.11. The average Bonchev–Trinajstić information content (AvgIpc) is 3.60. The molecule has 2 N–H and O–H groups in total. The molecule has 1 fully saturated rings. The van der Waals surface area contributed by atoms with Crippen molar-refractivity contribution in [2.24, 2.45) is 0 Å². The van der Waals surface area contributed by atoms with E-state index in [0.29, 0.717) is 29.3 Å². The second-order valence-corrected chi connectivity index (χ2v) is 8.61. The van der Waals surface area contributed by atoms with E-state index < -0.39 is 0 Å². The first-order chi connectivity index (χ1) is 15.7. The zero-order valence-corrected chi connectivity index (χ0v) is 17.8. The number of hydrogen-bond donors (Lipinski definition) is 2. The second-order valence-electron chi connectivity index (χ2n) is 8.18. The minimum Gasteiger partial charge on any atom is -0.403 e. The van der Waals surface area contributed by atoms with Crippen molar-refractivity contribution in [3.63, 3.8) is 0 Å². The van der Waals surface area contributed by atoms with Gasteiger partial charge in [-0.15, -0.1) is 10.2 Å². The lowest BCUT2D eigenvalue weighted by molar-refractivity contribution is 0.555. The van der Waals surface area contributed by atoms with Gasteiger partial charge in [0.2, 0.25) is 5.95 Å². The molecule has 1 saturated heterocycles. The summed E-state index contributed by atoms with van der Waals surface area (Å²) < 4.78 is 5.89. The normalized spacial score (nSPS) is 20.0. The summed E-state index contributed by atoms with van der Waals surface area (Å²) in [6.07, 6.45) is 8.03. The second kappa shape index (κ2) is 7.86. The first-order valence-corrected chi connectivity index (χ1v) is 10.9. The summed E-state index contributed by atoms with van der Waals surface area (Å²) in [6, 6.07) is 6.80. The average molecular weight is 450 g/mol. The monoisotopic (exact) mass is 449 g/mol. The minimum absolute atomic E-state index is 0.247. The van der Waals surface area contributed by atoms with E-state index >= 15 is 0 Å². The van der Waals surface area contributed by atoms with Crippen LogP contribution in [0.25, 0.3) is 11.5 Å². The van der Waals surface area contributed by atoms with Crippen molar-refractivity contribution in [2.75, 3.05) is 23.3 Å². The van der Waals surface area contributed by atoms with Gasteiger partial charge in [0.15, 0.2) is 0 Å². The number of hydrogen-bond acceptors (Lipinski definition) is 9. The number of benzene rings is 1. The summed E-state index contributed by atoms with van der Waals surface area (Å²) >= 11 is 6.11. The fraction of sp³-hybridized carbons (Fsp3) is 0.333. The molecular formula is C21H20ClN9O. The first-order valence-electron chi connectivity index (χ1n) is 10.5. The van der Waals surface area contributed by atoms with E-state index in [2.05, 4.69) is 51.9 Å². The van der Waals surface area contributed by atoms with E-state index in [4.69, 9.17) is 16.0 Å². The summed E-state index contributed by atoms with van der Waals surface area (Å²) in [5.74, 6) is 1.28. The molecule has 0 amide bonds. The summed E-state index contributed by atoms with van der Waals surface area (Å²) in [5, 5.41) is 23.2. The Kier molecular flexibility index (Phi) is 4.71. The predicted octanol–water partition coefficient (Wildman–Crippen LogP) is 2.87. The molecule has 3 aromatic heterocycles. The number of nitrogens with zero attached hydrogens (tertiary/aromatic N) is 7. The minimum atomic E-state index is 0.247. The van der Waals surface area contributed by atoms with Crippen molar-refractivity contribution in [3.05, 3.63) is 58.6 Å². The summed E-state index contributed by atoms with van der Waals surface area (Å²) in [6.45, 7) is 1.59. The van der Waals surface area contributed by atoms with Crippen LogP contribution in [0.4, 0.5) is 12.0 Å². The molecule has 162 valence electrons. The lowest BCUT2D eigenvalue weighted by Gasteiger charge is -2.12. The Bertz CT molecular complexity index is 1220. The number of anilines is 2. The smallest absolute Gasteiger partial charge is 0.318 e. The molecule has 0 radical (unpaired) electrons. The molecule has 1 aromatic carbocycles. The van der Waals surface area contributed by atoms with Gasteiger partial charge in [0, 0.05) is 48.7 Å². The molecular weight excluding hydrogens is 430 g/mol. The van der Waals surface area contributed by atoms with E-state index in [1.807, 2.05) is 18.3 Å². The number of nitrogens with one attached hydrogen (secondary N) is 2. The number of H-pyrrole nitrogens is 1. The third kappa shape index (κ3) is 3.66. The van der Waals surface area contributed by atoms with Gasteiger partial charge in [-0.1, -0.05) is 28.0 Å². The number of aromatic nitrogens is 7. The number of fused-ring (bicyclic) bond motifs is 1. The van der Waals surface area contributed by atoms with Gasteiger partial charge < -0.3 is 14.6 Å². The van der Waals surface area contributed by atoms with E-state index in [-0.39, 0.29) is 6.04 Å². The van der Waals surface area contributed by atoms with Crippen LogP contribution in [0.3, 0.4) is 0 Å². The van der Waals surface area contributed by atoms with Crippen molar-refractivity contribution in [1.82, 2.24) is 35.6 Å². The highest BCUT2D eigenvalue weighted by Gasteiger charge is 2.29. The van der Waals surface area contributed by atoms with Crippen LogP contribution in [0.5, 0.6) is 0 Å². The third-order valence-electron chi connectivity index (χ3n) is 6.06. The summed E-state index contributed by atoms with van der Waals surface area (Å²) in [5.41, 5.74) is 4.23. The van der Waals surface area contributed by atoms with E-state index in [9.17, 15) is 0 Å². The molecule has 6 rings (SSSR count). The Morgan fingerprint density at radius 2 is 1.97 bits per heavy atom. The predicted molar refractivity (Wildman–Crippen MR) is 118 cm³/mol. The lowest BCUT2D eigenvalue weighted by Crippen LogP contribution is -2.20. The van der Waals surface area contributed by atoms with Crippen molar-refractivity contribution in [3.8, 4) is 11.5 Å². The van der Waals surface area contributed by atoms with Crippen LogP contribution in [0.15, 0.2) is 41.2 Å². The van der Waals surface area contributed by atoms with Crippen LogP contribution in [0.2, 0.25) is 5.02 Å². The van der Waals surface area contributed by atoms with Crippen molar-refractivity contribution in [2.45, 2.75) is 31.2 Å². The van der Waals surface area contributed by atoms with Gasteiger partial charge in [0.05, 0.1) is 11.3 Å². The maximum absolute atomic E-state index is 6.11. The van der Waals surface area contributed by atoms with Crippen molar-refractivity contribution in [1.29, 1.82) is 0 Å². The van der Waals surface area contributed by atoms with Gasteiger partial charge in [0.1, 0.15) is 0 Å². The van der Waals surface area contributed by atoms with Gasteiger partial charge in [-0.05, 0) is 42.5 Å². The van der Waals surface area contributed by atoms with Gasteiger partial charge in [-0.3, -0.25) is 5.10 Å². The fourth-order valence-corrected chi connectivity index (χ4v) is 4.62. The van der Waals surface area contributed by atoms with Crippen LogP contribution in [-0.2, 0) is 12.8 Å². The highest BCUT2D eigenvalue weighted by atomic mass is 35.5. The molecule has 11 heteroatoms. The number of rotatable bonds is 5. The number of halogens is 1. The van der Waals surface area contributed by atoms with Crippen LogP contribution in [0, 0.1) is 0 Å². The third-order valence-corrected chi connectivity index (χ3v) is 6.30.